The van der Waals surface area contributed by atoms with Crippen molar-refractivity contribution in [1.82, 2.24) is 5.32 Å². The molecule has 0 aliphatic carbocycles. The highest BCUT2D eigenvalue weighted by Gasteiger charge is 2.23. The molecular formula is C23H24N2O4S. The van der Waals surface area contributed by atoms with Crippen LogP contribution in [0.3, 0.4) is 0 Å². The van der Waals surface area contributed by atoms with Gasteiger partial charge in [0.05, 0.1) is 16.7 Å². The summed E-state index contributed by atoms with van der Waals surface area (Å²) in [6.07, 6.45) is 2.59. The number of nitrogens with one attached hydrogen (secondary N) is 1. The average molecular weight is 425 g/mol. The van der Waals surface area contributed by atoms with Crippen molar-refractivity contribution in [2.45, 2.75) is 33.3 Å². The smallest absolute Gasteiger partial charge is 0.344 e. The van der Waals surface area contributed by atoms with Gasteiger partial charge in [0.25, 0.3) is 5.91 Å². The fourth-order valence-electron chi connectivity index (χ4n) is 2.65. The number of nitrogens with zero attached hydrogens (tertiary/aromatic N) is 1. The zero-order valence-corrected chi connectivity index (χ0v) is 18.0. The number of carbonyl (C=O) groups excluding carboxylic acids is 2. The third kappa shape index (κ3) is 6.22. The van der Waals surface area contributed by atoms with E-state index in [2.05, 4.69) is 17.2 Å². The largest absolute Gasteiger partial charge is 0.482 e. The van der Waals surface area contributed by atoms with Crippen LogP contribution < -0.4 is 10.1 Å². The number of aryl methyl sites for hydroxylation is 1. The van der Waals surface area contributed by atoms with Gasteiger partial charge in [-0.2, -0.15) is 0 Å². The van der Waals surface area contributed by atoms with Crippen LogP contribution in [0.25, 0.3) is 6.08 Å². The molecule has 0 unspecified atom stereocenters. The first kappa shape index (κ1) is 21.6. The van der Waals surface area contributed by atoms with Gasteiger partial charge in [0.2, 0.25) is 0 Å². The summed E-state index contributed by atoms with van der Waals surface area (Å²) in [6.45, 7) is 5.53. The number of hydrogen-bond donors (Lipinski definition) is 1. The van der Waals surface area contributed by atoms with Crippen LogP contribution in [0.15, 0.2) is 58.4 Å². The summed E-state index contributed by atoms with van der Waals surface area (Å²) in [7, 11) is 0. The molecule has 0 radical (unpaired) electrons. The zero-order valence-electron chi connectivity index (χ0n) is 17.2. The Hall–Kier alpha value is -3.06. The van der Waals surface area contributed by atoms with Gasteiger partial charge in [-0.05, 0) is 73.5 Å². The highest BCUT2D eigenvalue weighted by molar-refractivity contribution is 8.18. The first-order chi connectivity index (χ1) is 14.4. The van der Waals surface area contributed by atoms with Crippen LogP contribution in [-0.4, -0.2) is 29.8 Å². The molecule has 6 nitrogen and oxygen atoms in total. The van der Waals surface area contributed by atoms with Crippen molar-refractivity contribution >= 4 is 40.6 Å². The van der Waals surface area contributed by atoms with Crippen LogP contribution in [0, 0.1) is 0 Å². The summed E-state index contributed by atoms with van der Waals surface area (Å²) in [5, 5.41) is 3.35. The van der Waals surface area contributed by atoms with Gasteiger partial charge >= 0.3 is 5.97 Å². The Labute approximate surface area is 180 Å². The summed E-state index contributed by atoms with van der Waals surface area (Å²) in [5.74, 6) is -0.0359. The minimum atomic E-state index is -0.411. The molecule has 1 aliphatic rings. The Morgan fingerprint density at radius 1 is 1.13 bits per heavy atom. The molecule has 1 aliphatic heterocycles. The molecule has 2 aromatic carbocycles. The second kappa shape index (κ2) is 10.1. The molecule has 0 atom stereocenters. The Morgan fingerprint density at radius 3 is 2.47 bits per heavy atom. The molecule has 0 bridgehead atoms. The second-order valence-electron chi connectivity index (χ2n) is 6.90. The lowest BCUT2D eigenvalue weighted by atomic mass is 10.2. The van der Waals surface area contributed by atoms with E-state index < -0.39 is 5.97 Å². The molecular weight excluding hydrogens is 400 g/mol. The van der Waals surface area contributed by atoms with Gasteiger partial charge < -0.3 is 14.8 Å². The number of carbonyl (C=O) groups is 2. The topological polar surface area (TPSA) is 77.0 Å². The molecule has 0 saturated carbocycles. The summed E-state index contributed by atoms with van der Waals surface area (Å²) < 4.78 is 10.4. The predicted octanol–water partition coefficient (Wildman–Crippen LogP) is 4.47. The number of rotatable bonds is 7. The van der Waals surface area contributed by atoms with Crippen LogP contribution in [0.2, 0.25) is 0 Å². The SMILES string of the molecule is CCc1ccc(N=C2NC(=O)/C(=C/c3ccc(OCC(=O)OC(C)C)cc3)S2)cc1. The highest BCUT2D eigenvalue weighted by atomic mass is 32.2. The monoisotopic (exact) mass is 424 g/mol. The molecule has 7 heteroatoms. The summed E-state index contributed by atoms with van der Waals surface area (Å²) in [5.41, 5.74) is 2.89. The molecule has 1 saturated heterocycles. The third-order valence-electron chi connectivity index (χ3n) is 4.13. The molecule has 156 valence electrons. The van der Waals surface area contributed by atoms with Gasteiger partial charge in [-0.25, -0.2) is 9.79 Å². The summed E-state index contributed by atoms with van der Waals surface area (Å²) in [4.78, 5) is 28.9. The number of amidine groups is 1. The van der Waals surface area contributed by atoms with E-state index in [1.807, 2.05) is 36.4 Å². The number of esters is 1. The summed E-state index contributed by atoms with van der Waals surface area (Å²) >= 11 is 1.30. The molecule has 1 fully saturated rings. The number of ether oxygens (including phenoxy) is 2. The first-order valence-electron chi connectivity index (χ1n) is 9.74. The maximum Gasteiger partial charge on any atom is 0.344 e. The third-order valence-corrected chi connectivity index (χ3v) is 5.04. The van der Waals surface area contributed by atoms with Gasteiger partial charge in [0, 0.05) is 0 Å². The fraction of sp³-hybridized carbons (Fsp3) is 0.261. The van der Waals surface area contributed by atoms with Gasteiger partial charge in [0.1, 0.15) is 5.75 Å². The lowest BCUT2D eigenvalue weighted by Crippen LogP contribution is -2.19. The summed E-state index contributed by atoms with van der Waals surface area (Å²) in [6, 6.07) is 15.1. The molecule has 2 aromatic rings. The van der Waals surface area contributed by atoms with E-state index in [1.165, 1.54) is 17.3 Å². The fourth-order valence-corrected chi connectivity index (χ4v) is 3.50. The van der Waals surface area contributed by atoms with Gasteiger partial charge in [-0.1, -0.05) is 31.2 Å². The van der Waals surface area contributed by atoms with Crippen LogP contribution >= 0.6 is 11.8 Å². The van der Waals surface area contributed by atoms with Crippen molar-refractivity contribution in [3.05, 3.63) is 64.6 Å². The van der Waals surface area contributed by atoms with E-state index in [4.69, 9.17) is 9.47 Å². The number of hydrogen-bond acceptors (Lipinski definition) is 6. The zero-order chi connectivity index (χ0) is 21.5. The van der Waals surface area contributed by atoms with E-state index in [0.717, 1.165) is 17.7 Å². The number of aliphatic imine (C=N–C) groups is 1. The minimum Gasteiger partial charge on any atom is -0.482 e. The molecule has 0 aromatic heterocycles. The molecule has 1 amide bonds. The maximum absolute atomic E-state index is 12.3. The molecule has 1 heterocycles. The van der Waals surface area contributed by atoms with Crippen LogP contribution in [-0.2, 0) is 20.7 Å². The van der Waals surface area contributed by atoms with Gasteiger partial charge in [0.15, 0.2) is 11.8 Å². The Bertz CT molecular complexity index is 964. The van der Waals surface area contributed by atoms with Crippen molar-refractivity contribution in [3.8, 4) is 5.75 Å². The number of thioether (sulfide) groups is 1. The molecule has 0 spiro atoms. The maximum atomic E-state index is 12.3. The standard InChI is InChI=1S/C23H24N2O4S/c1-4-16-5-9-18(10-6-16)24-23-25-22(27)20(30-23)13-17-7-11-19(12-8-17)28-14-21(26)29-15(2)3/h5-13,15H,4,14H2,1-3H3,(H,24,25,27)/b20-13-. The normalized spacial score (nSPS) is 16.2. The van der Waals surface area contributed by atoms with Crippen molar-refractivity contribution in [2.75, 3.05) is 6.61 Å². The van der Waals surface area contributed by atoms with Crippen LogP contribution in [0.1, 0.15) is 31.9 Å². The molecule has 30 heavy (non-hydrogen) atoms. The quantitative estimate of drug-likeness (QED) is 0.524. The molecule has 3 rings (SSSR count). The van der Waals surface area contributed by atoms with E-state index in [-0.39, 0.29) is 18.6 Å². The van der Waals surface area contributed by atoms with E-state index >= 15 is 0 Å². The van der Waals surface area contributed by atoms with E-state index in [0.29, 0.717) is 15.8 Å². The first-order valence-corrected chi connectivity index (χ1v) is 10.6. The van der Waals surface area contributed by atoms with Crippen molar-refractivity contribution in [2.24, 2.45) is 4.99 Å². The molecule has 1 N–H and O–H groups in total. The Kier molecular flexibility index (Phi) is 7.30. The average Bonchev–Trinajstić information content (AvgIpc) is 3.06. The Balaban J connectivity index is 1.61. The second-order valence-corrected chi connectivity index (χ2v) is 7.93. The van der Waals surface area contributed by atoms with Gasteiger partial charge in [-0.3, -0.25) is 4.79 Å². The van der Waals surface area contributed by atoms with Crippen LogP contribution in [0.5, 0.6) is 5.75 Å². The van der Waals surface area contributed by atoms with Gasteiger partial charge in [-0.15, -0.1) is 0 Å². The van der Waals surface area contributed by atoms with Crippen molar-refractivity contribution < 1.29 is 19.1 Å². The van der Waals surface area contributed by atoms with E-state index in [9.17, 15) is 9.59 Å². The Morgan fingerprint density at radius 2 is 1.83 bits per heavy atom. The van der Waals surface area contributed by atoms with Crippen molar-refractivity contribution in [1.29, 1.82) is 0 Å². The predicted molar refractivity (Wildman–Crippen MR) is 120 cm³/mol. The highest BCUT2D eigenvalue weighted by Crippen LogP contribution is 2.28. The van der Waals surface area contributed by atoms with Crippen molar-refractivity contribution in [3.63, 3.8) is 0 Å². The van der Waals surface area contributed by atoms with E-state index in [1.54, 1.807) is 32.1 Å². The minimum absolute atomic E-state index is 0.143. The van der Waals surface area contributed by atoms with Crippen LogP contribution in [0.4, 0.5) is 5.69 Å². The lowest BCUT2D eigenvalue weighted by molar-refractivity contribution is -0.149. The lowest BCUT2D eigenvalue weighted by Gasteiger charge is -2.09. The number of amides is 1. The number of benzene rings is 2.